The normalized spacial score (nSPS) is 12.3. The summed E-state index contributed by atoms with van der Waals surface area (Å²) in [5.74, 6) is 0.531. The molecule has 11 aromatic rings. The molecule has 3 heterocycles. The maximum Gasteiger partial charge on any atom is 0.165 e. The molecule has 0 saturated carbocycles. The van der Waals surface area contributed by atoms with E-state index in [1.807, 2.05) is 90.2 Å². The summed E-state index contributed by atoms with van der Waals surface area (Å²) in [6, 6.07) is 62.7. The van der Waals surface area contributed by atoms with Crippen molar-refractivity contribution in [2.45, 2.75) is 0 Å². The Morgan fingerprint density at radius 1 is 0.561 bits per heavy atom. The molecular formula is C51H32N4OS. The SMILES string of the molecule is N=C(/N=C(\N=C\c1ccccc1)c1cccc2c1oc1cccc(-c3cccc4sc5ccc(-n6c7ccccc7c7ccccc76)cc5c34)c12)c1ccccc1. The topological polar surface area (TPSA) is 66.6 Å². The molecule has 0 aliphatic rings. The lowest BCUT2D eigenvalue weighted by Gasteiger charge is -2.10. The van der Waals surface area contributed by atoms with E-state index in [0.29, 0.717) is 17.0 Å². The van der Waals surface area contributed by atoms with E-state index in [0.717, 1.165) is 44.3 Å². The molecule has 57 heavy (non-hydrogen) atoms. The number of fused-ring (bicyclic) bond motifs is 9. The lowest BCUT2D eigenvalue weighted by molar-refractivity contribution is 0.668. The Hall–Kier alpha value is -7.41. The van der Waals surface area contributed by atoms with Crippen LogP contribution in [-0.2, 0) is 0 Å². The number of aromatic nitrogens is 1. The maximum absolute atomic E-state index is 8.93. The van der Waals surface area contributed by atoms with Gasteiger partial charge in [-0.2, -0.15) is 0 Å². The van der Waals surface area contributed by atoms with Crippen molar-refractivity contribution >= 4 is 93.1 Å². The molecule has 0 aliphatic heterocycles. The average Bonchev–Trinajstić information content (AvgIpc) is 3.95. The number of hydrogen-bond donors (Lipinski definition) is 1. The van der Waals surface area contributed by atoms with E-state index in [-0.39, 0.29) is 5.84 Å². The van der Waals surface area contributed by atoms with E-state index < -0.39 is 0 Å². The van der Waals surface area contributed by atoms with Gasteiger partial charge in [-0.3, -0.25) is 5.41 Å². The molecule has 0 fully saturated rings. The Kier molecular flexibility index (Phi) is 7.76. The van der Waals surface area contributed by atoms with Gasteiger partial charge in [0.05, 0.1) is 16.6 Å². The predicted octanol–water partition coefficient (Wildman–Crippen LogP) is 13.6. The first-order valence-electron chi connectivity index (χ1n) is 18.9. The zero-order chi connectivity index (χ0) is 37.9. The van der Waals surface area contributed by atoms with Gasteiger partial charge in [-0.05, 0) is 65.2 Å². The van der Waals surface area contributed by atoms with Crippen LogP contribution in [0.25, 0.3) is 80.7 Å². The summed E-state index contributed by atoms with van der Waals surface area (Å²) < 4.78 is 11.6. The molecule has 11 rings (SSSR count). The molecule has 6 heteroatoms. The van der Waals surface area contributed by atoms with Crippen LogP contribution in [0.3, 0.4) is 0 Å². The van der Waals surface area contributed by atoms with E-state index in [2.05, 4.69) is 108 Å². The van der Waals surface area contributed by atoms with Crippen molar-refractivity contribution < 1.29 is 4.42 Å². The minimum absolute atomic E-state index is 0.126. The Balaban J connectivity index is 1.11. The number of furan rings is 1. The van der Waals surface area contributed by atoms with Gasteiger partial charge in [0.15, 0.2) is 11.7 Å². The van der Waals surface area contributed by atoms with Gasteiger partial charge in [0.25, 0.3) is 0 Å². The van der Waals surface area contributed by atoms with Gasteiger partial charge in [0, 0.05) is 59.2 Å². The van der Waals surface area contributed by atoms with Crippen LogP contribution in [0.5, 0.6) is 0 Å². The van der Waals surface area contributed by atoms with Crippen LogP contribution >= 0.6 is 11.3 Å². The van der Waals surface area contributed by atoms with Crippen LogP contribution in [0.15, 0.2) is 196 Å². The quantitative estimate of drug-likeness (QED) is 0.138. The molecule has 8 aromatic carbocycles. The molecule has 1 N–H and O–H groups in total. The van der Waals surface area contributed by atoms with Crippen LogP contribution in [0.2, 0.25) is 0 Å². The van der Waals surface area contributed by atoms with Crippen LogP contribution < -0.4 is 0 Å². The van der Waals surface area contributed by atoms with Gasteiger partial charge >= 0.3 is 0 Å². The van der Waals surface area contributed by atoms with E-state index in [4.69, 9.17) is 19.8 Å². The molecule has 0 radical (unpaired) electrons. The van der Waals surface area contributed by atoms with Crippen molar-refractivity contribution in [2.24, 2.45) is 9.98 Å². The Labute approximate surface area is 331 Å². The molecular weight excluding hydrogens is 717 g/mol. The van der Waals surface area contributed by atoms with Crippen molar-refractivity contribution in [3.05, 3.63) is 199 Å². The molecule has 3 aromatic heterocycles. The number of rotatable bonds is 5. The molecule has 0 bridgehead atoms. The smallest absolute Gasteiger partial charge is 0.165 e. The van der Waals surface area contributed by atoms with E-state index in [9.17, 15) is 0 Å². The zero-order valence-electron chi connectivity index (χ0n) is 30.6. The predicted molar refractivity (Wildman–Crippen MR) is 240 cm³/mol. The summed E-state index contributed by atoms with van der Waals surface area (Å²) in [6.07, 6.45) is 1.79. The second-order valence-corrected chi connectivity index (χ2v) is 15.2. The van der Waals surface area contributed by atoms with Crippen molar-refractivity contribution in [1.29, 1.82) is 5.41 Å². The highest BCUT2D eigenvalue weighted by molar-refractivity contribution is 7.26. The number of aliphatic imine (C=N–C) groups is 2. The third-order valence-electron chi connectivity index (χ3n) is 10.8. The highest BCUT2D eigenvalue weighted by atomic mass is 32.1. The van der Waals surface area contributed by atoms with Crippen molar-refractivity contribution in [2.75, 3.05) is 0 Å². The fourth-order valence-electron chi connectivity index (χ4n) is 8.23. The highest BCUT2D eigenvalue weighted by Gasteiger charge is 2.21. The highest BCUT2D eigenvalue weighted by Crippen LogP contribution is 2.45. The summed E-state index contributed by atoms with van der Waals surface area (Å²) in [4.78, 5) is 9.70. The van der Waals surface area contributed by atoms with Crippen LogP contribution in [-0.4, -0.2) is 22.5 Å². The number of amidine groups is 2. The second kappa shape index (κ2) is 13.4. The number of benzene rings is 8. The number of hydrogen-bond acceptors (Lipinski definition) is 3. The third kappa shape index (κ3) is 5.49. The average molecular weight is 749 g/mol. The monoisotopic (exact) mass is 748 g/mol. The molecule has 268 valence electrons. The summed E-state index contributed by atoms with van der Waals surface area (Å²) in [7, 11) is 0. The lowest BCUT2D eigenvalue weighted by atomic mass is 9.95. The Morgan fingerprint density at radius 2 is 1.21 bits per heavy atom. The summed E-state index contributed by atoms with van der Waals surface area (Å²) >= 11 is 1.82. The second-order valence-electron chi connectivity index (χ2n) is 14.1. The van der Waals surface area contributed by atoms with Gasteiger partial charge < -0.3 is 8.98 Å². The van der Waals surface area contributed by atoms with Crippen molar-refractivity contribution in [1.82, 2.24) is 4.57 Å². The number of para-hydroxylation sites is 3. The fraction of sp³-hybridized carbons (Fsp3) is 0. The van der Waals surface area contributed by atoms with Gasteiger partial charge in [-0.15, -0.1) is 11.3 Å². The first-order valence-corrected chi connectivity index (χ1v) is 19.7. The van der Waals surface area contributed by atoms with Gasteiger partial charge in [0.2, 0.25) is 0 Å². The van der Waals surface area contributed by atoms with E-state index >= 15 is 0 Å². The standard InChI is InChI=1S/C51H32N4OS/c52-50(33-16-5-2-6-17-33)54-51(53-31-32-14-3-1-4-15-32)40-23-11-22-39-47-37(20-12-26-44(47)56-49(39)40)38-21-13-27-46-48(38)41-30-34(28-29-45(41)57-46)55-42-24-9-7-18-35(42)36-19-8-10-25-43(36)55/h1-31,52H/b52-50?,53-31+,54-51-. The van der Waals surface area contributed by atoms with Crippen molar-refractivity contribution in [3.8, 4) is 16.8 Å². The fourth-order valence-corrected chi connectivity index (χ4v) is 9.34. The molecule has 0 spiro atoms. The molecule has 5 nitrogen and oxygen atoms in total. The van der Waals surface area contributed by atoms with Gasteiger partial charge in [-0.25, -0.2) is 9.98 Å². The van der Waals surface area contributed by atoms with Gasteiger partial charge in [-0.1, -0.05) is 133 Å². The molecule has 0 atom stereocenters. The molecule has 0 aliphatic carbocycles. The largest absolute Gasteiger partial charge is 0.455 e. The van der Waals surface area contributed by atoms with Crippen LogP contribution in [0.4, 0.5) is 0 Å². The van der Waals surface area contributed by atoms with Crippen molar-refractivity contribution in [3.63, 3.8) is 0 Å². The van der Waals surface area contributed by atoms with E-state index in [1.165, 1.54) is 42.0 Å². The zero-order valence-corrected chi connectivity index (χ0v) is 31.4. The summed E-state index contributed by atoms with van der Waals surface area (Å²) in [5.41, 5.74) is 9.60. The van der Waals surface area contributed by atoms with Crippen LogP contribution in [0, 0.1) is 5.41 Å². The lowest BCUT2D eigenvalue weighted by Crippen LogP contribution is -2.05. The molecule has 0 amide bonds. The summed E-state index contributed by atoms with van der Waals surface area (Å²) in [6.45, 7) is 0. The minimum Gasteiger partial charge on any atom is -0.455 e. The Bertz CT molecular complexity index is 3370. The first kappa shape index (κ1) is 33.0. The summed E-state index contributed by atoms with van der Waals surface area (Å²) in [5, 5.41) is 15.9. The Morgan fingerprint density at radius 3 is 1.98 bits per heavy atom. The van der Waals surface area contributed by atoms with Crippen LogP contribution in [0.1, 0.15) is 16.7 Å². The first-order chi connectivity index (χ1) is 28.2. The molecule has 0 saturated heterocycles. The third-order valence-corrected chi connectivity index (χ3v) is 11.9. The number of nitrogens with one attached hydrogen (secondary N) is 1. The molecule has 0 unspecified atom stereocenters. The maximum atomic E-state index is 8.93. The number of nitrogens with zero attached hydrogens (tertiary/aromatic N) is 3. The van der Waals surface area contributed by atoms with E-state index in [1.54, 1.807) is 6.21 Å². The van der Waals surface area contributed by atoms with Gasteiger partial charge in [0.1, 0.15) is 11.2 Å². The minimum atomic E-state index is 0.126. The number of thiophene rings is 1.